The number of benzene rings is 1. The second-order valence-electron chi connectivity index (χ2n) is 4.64. The monoisotopic (exact) mass is 317 g/mol. The highest BCUT2D eigenvalue weighted by atomic mass is 35.5. The Morgan fingerprint density at radius 2 is 1.95 bits per heavy atom. The van der Waals surface area contributed by atoms with Gasteiger partial charge in [0.15, 0.2) is 0 Å². The lowest BCUT2D eigenvalue weighted by Gasteiger charge is -2.14. The molecule has 0 spiro atoms. The number of carbonyl (C=O) groups excluding carboxylic acids is 1. The average molecular weight is 318 g/mol. The fourth-order valence-electron chi connectivity index (χ4n) is 2.10. The Labute approximate surface area is 128 Å². The van der Waals surface area contributed by atoms with Crippen LogP contribution in [-0.2, 0) is 10.5 Å². The normalized spacial score (nSPS) is 14.9. The summed E-state index contributed by atoms with van der Waals surface area (Å²) >= 11 is 13.6. The van der Waals surface area contributed by atoms with Crippen molar-refractivity contribution < 1.29 is 4.79 Å². The van der Waals surface area contributed by atoms with Crippen molar-refractivity contribution in [3.05, 3.63) is 33.8 Å². The molecule has 0 radical (unpaired) electrons. The number of amides is 1. The van der Waals surface area contributed by atoms with E-state index in [0.29, 0.717) is 22.4 Å². The molecule has 0 bridgehead atoms. The Kier molecular flexibility index (Phi) is 5.86. The summed E-state index contributed by atoms with van der Waals surface area (Å²) in [4.78, 5) is 13.8. The van der Waals surface area contributed by atoms with Gasteiger partial charge in [0.1, 0.15) is 0 Å². The molecular formula is C14H17Cl2NOS. The molecule has 5 heteroatoms. The average Bonchev–Trinajstić information content (AvgIpc) is 2.92. The number of thioether (sulfide) groups is 1. The molecule has 0 N–H and O–H groups in total. The minimum Gasteiger partial charge on any atom is -0.343 e. The molecule has 19 heavy (non-hydrogen) atoms. The van der Waals surface area contributed by atoms with Gasteiger partial charge in [0.25, 0.3) is 0 Å². The van der Waals surface area contributed by atoms with Crippen molar-refractivity contribution >= 4 is 40.9 Å². The van der Waals surface area contributed by atoms with E-state index in [4.69, 9.17) is 23.2 Å². The van der Waals surface area contributed by atoms with Crippen LogP contribution in [0.25, 0.3) is 0 Å². The molecule has 1 amide bonds. The van der Waals surface area contributed by atoms with E-state index in [-0.39, 0.29) is 0 Å². The van der Waals surface area contributed by atoms with Gasteiger partial charge in [-0.05, 0) is 30.5 Å². The molecule has 2 nitrogen and oxygen atoms in total. The van der Waals surface area contributed by atoms with Crippen molar-refractivity contribution in [3.8, 4) is 0 Å². The molecule has 1 aliphatic rings. The van der Waals surface area contributed by atoms with E-state index in [1.165, 1.54) is 0 Å². The standard InChI is InChI=1S/C14H17Cl2NOS/c15-12-4-3-11(9-13(12)16)10-19-8-5-14(18)17-6-1-2-7-17/h3-4,9H,1-2,5-8,10H2. The predicted molar refractivity (Wildman–Crippen MR) is 83.1 cm³/mol. The van der Waals surface area contributed by atoms with Gasteiger partial charge in [-0.2, -0.15) is 11.8 Å². The first-order valence-electron chi connectivity index (χ1n) is 6.46. The lowest BCUT2D eigenvalue weighted by atomic mass is 10.2. The summed E-state index contributed by atoms with van der Waals surface area (Å²) in [6, 6.07) is 5.68. The molecule has 2 rings (SSSR count). The molecule has 0 atom stereocenters. The number of hydrogen-bond acceptors (Lipinski definition) is 2. The Balaban J connectivity index is 1.68. The zero-order valence-corrected chi connectivity index (χ0v) is 13.0. The van der Waals surface area contributed by atoms with Crippen LogP contribution in [0.2, 0.25) is 10.0 Å². The number of rotatable bonds is 5. The van der Waals surface area contributed by atoms with E-state index in [9.17, 15) is 4.79 Å². The summed E-state index contributed by atoms with van der Waals surface area (Å²) in [5.41, 5.74) is 1.15. The summed E-state index contributed by atoms with van der Waals surface area (Å²) in [5.74, 6) is 2.01. The van der Waals surface area contributed by atoms with Crippen LogP contribution in [0.4, 0.5) is 0 Å². The summed E-state index contributed by atoms with van der Waals surface area (Å²) in [5, 5.41) is 1.17. The minimum absolute atomic E-state index is 0.291. The van der Waals surface area contributed by atoms with E-state index in [2.05, 4.69) is 0 Å². The van der Waals surface area contributed by atoms with E-state index in [0.717, 1.165) is 43.0 Å². The molecule has 1 aliphatic heterocycles. The zero-order chi connectivity index (χ0) is 13.7. The molecule has 1 heterocycles. The van der Waals surface area contributed by atoms with E-state index in [1.54, 1.807) is 11.8 Å². The van der Waals surface area contributed by atoms with E-state index >= 15 is 0 Å². The second kappa shape index (κ2) is 7.41. The van der Waals surface area contributed by atoms with Crippen LogP contribution < -0.4 is 0 Å². The maximum Gasteiger partial charge on any atom is 0.223 e. The van der Waals surface area contributed by atoms with Crippen molar-refractivity contribution in [2.75, 3.05) is 18.8 Å². The van der Waals surface area contributed by atoms with Crippen LogP contribution >= 0.6 is 35.0 Å². The van der Waals surface area contributed by atoms with Crippen molar-refractivity contribution in [2.45, 2.75) is 25.0 Å². The molecule has 1 saturated heterocycles. The van der Waals surface area contributed by atoms with Crippen LogP contribution in [0, 0.1) is 0 Å². The first-order chi connectivity index (χ1) is 9.16. The number of carbonyl (C=O) groups is 1. The molecular weight excluding hydrogens is 301 g/mol. The molecule has 1 fully saturated rings. The molecule has 0 unspecified atom stereocenters. The Bertz CT molecular complexity index is 447. The first kappa shape index (κ1) is 15.0. The molecule has 104 valence electrons. The second-order valence-corrected chi connectivity index (χ2v) is 6.56. The van der Waals surface area contributed by atoms with Crippen LogP contribution in [0.5, 0.6) is 0 Å². The summed E-state index contributed by atoms with van der Waals surface area (Å²) < 4.78 is 0. The van der Waals surface area contributed by atoms with Crippen LogP contribution in [0.3, 0.4) is 0 Å². The van der Waals surface area contributed by atoms with Crippen LogP contribution in [0.1, 0.15) is 24.8 Å². The van der Waals surface area contributed by atoms with Gasteiger partial charge >= 0.3 is 0 Å². The topological polar surface area (TPSA) is 20.3 Å². The maximum atomic E-state index is 11.8. The van der Waals surface area contributed by atoms with Gasteiger partial charge in [0.2, 0.25) is 5.91 Å². The molecule has 0 aliphatic carbocycles. The van der Waals surface area contributed by atoms with Gasteiger partial charge in [-0.3, -0.25) is 4.79 Å². The van der Waals surface area contributed by atoms with Crippen LogP contribution in [-0.4, -0.2) is 29.6 Å². The third-order valence-corrected chi connectivity index (χ3v) is 4.94. The zero-order valence-electron chi connectivity index (χ0n) is 10.7. The lowest BCUT2D eigenvalue weighted by molar-refractivity contribution is -0.129. The summed E-state index contributed by atoms with van der Waals surface area (Å²) in [7, 11) is 0. The highest BCUT2D eigenvalue weighted by molar-refractivity contribution is 7.98. The Morgan fingerprint density at radius 1 is 1.21 bits per heavy atom. The quantitative estimate of drug-likeness (QED) is 0.757. The van der Waals surface area contributed by atoms with Gasteiger partial charge in [-0.15, -0.1) is 0 Å². The first-order valence-corrected chi connectivity index (χ1v) is 8.37. The van der Waals surface area contributed by atoms with Crippen molar-refractivity contribution in [2.24, 2.45) is 0 Å². The van der Waals surface area contributed by atoms with Crippen molar-refractivity contribution in [1.82, 2.24) is 4.90 Å². The Morgan fingerprint density at radius 3 is 2.63 bits per heavy atom. The molecule has 1 aromatic rings. The summed E-state index contributed by atoms with van der Waals surface area (Å²) in [6.07, 6.45) is 2.94. The van der Waals surface area contributed by atoms with Crippen molar-refractivity contribution in [1.29, 1.82) is 0 Å². The fourth-order valence-corrected chi connectivity index (χ4v) is 3.30. The number of likely N-dealkylation sites (tertiary alicyclic amines) is 1. The summed E-state index contributed by atoms with van der Waals surface area (Å²) in [6.45, 7) is 1.88. The number of hydrogen-bond donors (Lipinski definition) is 0. The minimum atomic E-state index is 0.291. The smallest absolute Gasteiger partial charge is 0.223 e. The van der Waals surface area contributed by atoms with Gasteiger partial charge in [0, 0.05) is 31.0 Å². The largest absolute Gasteiger partial charge is 0.343 e. The SMILES string of the molecule is O=C(CCSCc1ccc(Cl)c(Cl)c1)N1CCCC1. The van der Waals surface area contributed by atoms with Crippen LogP contribution in [0.15, 0.2) is 18.2 Å². The van der Waals surface area contributed by atoms with E-state index in [1.807, 2.05) is 23.1 Å². The highest BCUT2D eigenvalue weighted by Crippen LogP contribution is 2.25. The third kappa shape index (κ3) is 4.59. The van der Waals surface area contributed by atoms with Crippen molar-refractivity contribution in [3.63, 3.8) is 0 Å². The maximum absolute atomic E-state index is 11.8. The third-order valence-electron chi connectivity index (χ3n) is 3.17. The van der Waals surface area contributed by atoms with E-state index < -0.39 is 0 Å². The van der Waals surface area contributed by atoms with Gasteiger partial charge in [0.05, 0.1) is 10.0 Å². The van der Waals surface area contributed by atoms with Gasteiger partial charge < -0.3 is 4.90 Å². The highest BCUT2D eigenvalue weighted by Gasteiger charge is 2.16. The molecule has 1 aromatic carbocycles. The number of halogens is 2. The molecule has 0 aromatic heterocycles. The fraction of sp³-hybridized carbons (Fsp3) is 0.500. The lowest BCUT2D eigenvalue weighted by Crippen LogP contribution is -2.27. The Hall–Kier alpha value is -0.380. The van der Waals surface area contributed by atoms with Gasteiger partial charge in [-0.1, -0.05) is 29.3 Å². The number of nitrogens with zero attached hydrogens (tertiary/aromatic N) is 1. The predicted octanol–water partition coefficient (Wildman–Crippen LogP) is 4.24. The van der Waals surface area contributed by atoms with Gasteiger partial charge in [-0.25, -0.2) is 0 Å². The molecule has 0 saturated carbocycles.